The lowest BCUT2D eigenvalue weighted by Crippen LogP contribution is -1.97. The number of anilines is 2. The molecule has 0 atom stereocenters. The molecule has 0 spiro atoms. The largest absolute Gasteiger partial charge is 0.494 e. The van der Waals surface area contributed by atoms with Crippen molar-refractivity contribution in [2.24, 2.45) is 0 Å². The number of imidazole rings is 1. The highest BCUT2D eigenvalue weighted by Gasteiger charge is 2.14. The molecule has 2 aromatic carbocycles. The summed E-state index contributed by atoms with van der Waals surface area (Å²) in [5.74, 6) is 1.77. The van der Waals surface area contributed by atoms with Gasteiger partial charge in [-0.05, 0) is 49.6 Å². The molecule has 0 saturated carbocycles. The van der Waals surface area contributed by atoms with Gasteiger partial charge in [-0.2, -0.15) is 0 Å². The van der Waals surface area contributed by atoms with E-state index in [1.165, 1.54) is 4.90 Å². The summed E-state index contributed by atoms with van der Waals surface area (Å²) in [6, 6.07) is 16.4. The highest BCUT2D eigenvalue weighted by Crippen LogP contribution is 2.32. The van der Waals surface area contributed by atoms with Gasteiger partial charge >= 0.3 is 0 Å². The van der Waals surface area contributed by atoms with Crippen molar-refractivity contribution < 1.29 is 4.74 Å². The highest BCUT2D eigenvalue weighted by molar-refractivity contribution is 7.98. The average Bonchev–Trinajstić information content (AvgIpc) is 3.08. The Morgan fingerprint density at radius 1 is 1.07 bits per heavy atom. The first-order valence-electron chi connectivity index (χ1n) is 8.75. The molecule has 6 heteroatoms. The topological polar surface area (TPSA) is 51.5 Å². The van der Waals surface area contributed by atoms with Crippen LogP contribution in [0.3, 0.4) is 0 Å². The van der Waals surface area contributed by atoms with Crippen molar-refractivity contribution in [3.05, 3.63) is 67.1 Å². The van der Waals surface area contributed by atoms with Crippen molar-refractivity contribution in [3.63, 3.8) is 0 Å². The number of aromatic nitrogens is 3. The molecular weight excluding hydrogens is 356 g/mol. The summed E-state index contributed by atoms with van der Waals surface area (Å²) < 4.78 is 7.54. The summed E-state index contributed by atoms with van der Waals surface area (Å²) >= 11 is 1.73. The molecule has 0 bridgehead atoms. The fraction of sp³-hybridized carbons (Fsp3) is 0.143. The van der Waals surface area contributed by atoms with E-state index in [2.05, 4.69) is 40.8 Å². The van der Waals surface area contributed by atoms with Gasteiger partial charge in [0.15, 0.2) is 5.65 Å². The van der Waals surface area contributed by atoms with Crippen molar-refractivity contribution in [3.8, 4) is 17.0 Å². The minimum absolute atomic E-state index is 0.656. The molecule has 5 nitrogen and oxygen atoms in total. The predicted molar refractivity (Wildman–Crippen MR) is 111 cm³/mol. The molecule has 0 fully saturated rings. The Labute approximate surface area is 162 Å². The van der Waals surface area contributed by atoms with E-state index in [1.54, 1.807) is 24.2 Å². The summed E-state index contributed by atoms with van der Waals surface area (Å²) in [5.41, 5.74) is 3.73. The Morgan fingerprint density at radius 3 is 2.56 bits per heavy atom. The molecule has 1 N–H and O–H groups in total. The van der Waals surface area contributed by atoms with Crippen LogP contribution in [0.5, 0.6) is 5.75 Å². The molecule has 0 unspecified atom stereocenters. The van der Waals surface area contributed by atoms with Gasteiger partial charge < -0.3 is 10.1 Å². The maximum Gasteiger partial charge on any atom is 0.157 e. The minimum atomic E-state index is 0.656. The second-order valence-corrected chi connectivity index (χ2v) is 6.80. The maximum atomic E-state index is 5.53. The van der Waals surface area contributed by atoms with E-state index in [0.717, 1.165) is 34.2 Å². The van der Waals surface area contributed by atoms with Crippen LogP contribution in [-0.4, -0.2) is 27.2 Å². The number of rotatable bonds is 6. The second kappa shape index (κ2) is 7.72. The van der Waals surface area contributed by atoms with Gasteiger partial charge in [-0.15, -0.1) is 11.8 Å². The van der Waals surface area contributed by atoms with Crippen molar-refractivity contribution in [1.82, 2.24) is 14.4 Å². The molecule has 0 aliphatic rings. The Bertz CT molecular complexity index is 1040. The zero-order valence-corrected chi connectivity index (χ0v) is 16.0. The van der Waals surface area contributed by atoms with E-state index in [9.17, 15) is 0 Å². The van der Waals surface area contributed by atoms with Gasteiger partial charge in [0.2, 0.25) is 0 Å². The van der Waals surface area contributed by atoms with E-state index in [4.69, 9.17) is 9.72 Å². The fourth-order valence-corrected chi connectivity index (χ4v) is 3.32. The van der Waals surface area contributed by atoms with Crippen molar-refractivity contribution in [1.29, 1.82) is 0 Å². The van der Waals surface area contributed by atoms with Crippen LogP contribution in [0.4, 0.5) is 11.5 Å². The molecule has 0 aliphatic carbocycles. The number of benzene rings is 2. The van der Waals surface area contributed by atoms with Crippen molar-refractivity contribution >= 4 is 28.9 Å². The van der Waals surface area contributed by atoms with Gasteiger partial charge in [-0.25, -0.2) is 4.98 Å². The third-order valence-electron chi connectivity index (χ3n) is 4.22. The first kappa shape index (κ1) is 17.4. The van der Waals surface area contributed by atoms with Crippen LogP contribution in [0.1, 0.15) is 6.92 Å². The molecule has 0 aliphatic heterocycles. The Balaban J connectivity index is 1.75. The average molecular weight is 376 g/mol. The number of ether oxygens (including phenoxy) is 1. The lowest BCUT2D eigenvalue weighted by atomic mass is 10.1. The molecule has 0 radical (unpaired) electrons. The zero-order valence-electron chi connectivity index (χ0n) is 15.2. The van der Waals surface area contributed by atoms with Gasteiger partial charge in [0.25, 0.3) is 0 Å². The van der Waals surface area contributed by atoms with E-state index in [-0.39, 0.29) is 0 Å². The Kier molecular flexibility index (Phi) is 4.98. The monoisotopic (exact) mass is 376 g/mol. The summed E-state index contributed by atoms with van der Waals surface area (Å²) in [7, 11) is 0. The summed E-state index contributed by atoms with van der Waals surface area (Å²) in [4.78, 5) is 10.2. The van der Waals surface area contributed by atoms with Crippen molar-refractivity contribution in [2.45, 2.75) is 11.8 Å². The van der Waals surface area contributed by atoms with Crippen LogP contribution in [-0.2, 0) is 0 Å². The molecule has 2 heterocycles. The Hall–Kier alpha value is -2.99. The van der Waals surface area contributed by atoms with Crippen molar-refractivity contribution in [2.75, 3.05) is 18.2 Å². The smallest absolute Gasteiger partial charge is 0.157 e. The molecule has 4 aromatic rings. The first-order chi connectivity index (χ1) is 13.3. The van der Waals surface area contributed by atoms with Crippen LogP contribution >= 0.6 is 11.8 Å². The standard InChI is InChI=1S/C21H20N4OS/c1-3-26-17-8-6-16(7-9-17)23-21-20(15-4-10-18(27-2)11-5-15)24-19-14-22-12-13-25(19)21/h4-14,23H,3H2,1-2H3. The molecule has 0 saturated heterocycles. The fourth-order valence-electron chi connectivity index (χ4n) is 2.91. The molecule has 136 valence electrons. The minimum Gasteiger partial charge on any atom is -0.494 e. The second-order valence-electron chi connectivity index (χ2n) is 5.92. The quantitative estimate of drug-likeness (QED) is 0.465. The van der Waals surface area contributed by atoms with E-state index >= 15 is 0 Å². The summed E-state index contributed by atoms with van der Waals surface area (Å²) in [6.07, 6.45) is 7.52. The van der Waals surface area contributed by atoms with Crippen LogP contribution in [0, 0.1) is 0 Å². The predicted octanol–water partition coefficient (Wildman–Crippen LogP) is 5.26. The summed E-state index contributed by atoms with van der Waals surface area (Å²) in [5, 5.41) is 3.50. The molecule has 0 amide bonds. The number of nitrogens with one attached hydrogen (secondary N) is 1. The normalized spacial score (nSPS) is 10.9. The number of hydrogen-bond donors (Lipinski definition) is 1. The van der Waals surface area contributed by atoms with Gasteiger partial charge in [0, 0.05) is 28.5 Å². The first-order valence-corrected chi connectivity index (χ1v) is 9.97. The highest BCUT2D eigenvalue weighted by atomic mass is 32.2. The van der Waals surface area contributed by atoms with Crippen LogP contribution < -0.4 is 10.1 Å². The van der Waals surface area contributed by atoms with Crippen LogP contribution in [0.25, 0.3) is 16.9 Å². The van der Waals surface area contributed by atoms with Crippen LogP contribution in [0.2, 0.25) is 0 Å². The molecule has 4 rings (SSSR count). The number of fused-ring (bicyclic) bond motifs is 1. The van der Waals surface area contributed by atoms with Gasteiger partial charge in [-0.1, -0.05) is 12.1 Å². The van der Waals surface area contributed by atoms with E-state index < -0.39 is 0 Å². The van der Waals surface area contributed by atoms with Gasteiger partial charge in [-0.3, -0.25) is 9.38 Å². The number of thioether (sulfide) groups is 1. The van der Waals surface area contributed by atoms with Crippen LogP contribution in [0.15, 0.2) is 72.0 Å². The number of hydrogen-bond acceptors (Lipinski definition) is 5. The lowest BCUT2D eigenvalue weighted by molar-refractivity contribution is 0.340. The zero-order chi connectivity index (χ0) is 18.6. The van der Waals surface area contributed by atoms with Gasteiger partial charge in [0.05, 0.1) is 12.8 Å². The summed E-state index contributed by atoms with van der Waals surface area (Å²) in [6.45, 7) is 2.64. The number of nitrogens with zero attached hydrogens (tertiary/aromatic N) is 3. The SMILES string of the molecule is CCOc1ccc(Nc2c(-c3ccc(SC)cc3)nc3cnccn23)cc1. The molecule has 27 heavy (non-hydrogen) atoms. The third kappa shape index (κ3) is 3.61. The molecule has 2 aromatic heterocycles. The van der Waals surface area contributed by atoms with E-state index in [0.29, 0.717) is 6.61 Å². The maximum absolute atomic E-state index is 5.53. The molecular formula is C21H20N4OS. The van der Waals surface area contributed by atoms with Gasteiger partial charge in [0.1, 0.15) is 17.3 Å². The Morgan fingerprint density at radius 2 is 1.85 bits per heavy atom. The lowest BCUT2D eigenvalue weighted by Gasteiger charge is -2.10. The third-order valence-corrected chi connectivity index (χ3v) is 4.97. The van der Waals surface area contributed by atoms with E-state index in [1.807, 2.05) is 41.8 Å².